The maximum Gasteiger partial charge on any atom is 0.231 e. The maximum atomic E-state index is 13.0. The summed E-state index contributed by atoms with van der Waals surface area (Å²) in [5, 5.41) is 3.76. The van der Waals surface area contributed by atoms with E-state index in [1.54, 1.807) is 24.3 Å². The van der Waals surface area contributed by atoms with E-state index in [0.717, 1.165) is 6.20 Å². The van der Waals surface area contributed by atoms with Gasteiger partial charge in [-0.15, -0.1) is 23.2 Å². The zero-order chi connectivity index (χ0) is 23.9. The lowest BCUT2D eigenvalue weighted by Crippen LogP contribution is -2.17. The first-order valence-electron chi connectivity index (χ1n) is 9.64. The Labute approximate surface area is 214 Å². The molecule has 33 heavy (non-hydrogen) atoms. The molecular formula is C23H14Cl5FN2O2. The van der Waals surface area contributed by atoms with Crippen LogP contribution in [-0.4, -0.2) is 21.0 Å². The third-order valence-electron chi connectivity index (χ3n) is 5.24. The standard InChI is InChI=1S/C23H14Cl5FN2O2/c24-12-5-11(6-13(25)7-12)20-21(23(20,27)28)22(33)31-16-3-4-18(26)17(8-16)19(32)9-15-2-1-14(29)10-30-15/h1-8,10,20-21H,9H2,(H,31,33). The first kappa shape index (κ1) is 24.2. The van der Waals surface area contributed by atoms with Crippen LogP contribution in [0.1, 0.15) is 27.5 Å². The van der Waals surface area contributed by atoms with Gasteiger partial charge in [0.1, 0.15) is 10.2 Å². The minimum atomic E-state index is -1.34. The van der Waals surface area contributed by atoms with Crippen molar-refractivity contribution in [2.45, 2.75) is 16.7 Å². The smallest absolute Gasteiger partial charge is 0.231 e. The Bertz CT molecular complexity index is 1230. The van der Waals surface area contributed by atoms with Gasteiger partial charge < -0.3 is 5.32 Å². The second-order valence-electron chi connectivity index (χ2n) is 7.58. The number of nitrogens with zero attached hydrogens (tertiary/aromatic N) is 1. The number of ketones is 1. The lowest BCUT2D eigenvalue weighted by Gasteiger charge is -2.09. The van der Waals surface area contributed by atoms with Gasteiger partial charge in [-0.2, -0.15) is 0 Å². The molecule has 0 radical (unpaired) electrons. The zero-order valence-corrected chi connectivity index (χ0v) is 20.4. The maximum absolute atomic E-state index is 13.0. The number of anilines is 1. The van der Waals surface area contributed by atoms with Crippen LogP contribution >= 0.6 is 58.0 Å². The summed E-state index contributed by atoms with van der Waals surface area (Å²) in [6, 6.07) is 12.1. The molecule has 1 aromatic heterocycles. The quantitative estimate of drug-likeness (QED) is 0.264. The average Bonchev–Trinajstić information content (AvgIpc) is 3.32. The number of aromatic nitrogens is 1. The molecule has 1 N–H and O–H groups in total. The number of hydrogen-bond donors (Lipinski definition) is 1. The van der Waals surface area contributed by atoms with Crippen LogP contribution < -0.4 is 5.32 Å². The summed E-state index contributed by atoms with van der Waals surface area (Å²) in [6.45, 7) is 0. The largest absolute Gasteiger partial charge is 0.326 e. The lowest BCUT2D eigenvalue weighted by atomic mass is 10.0. The summed E-state index contributed by atoms with van der Waals surface area (Å²) in [5.74, 6) is -2.52. The van der Waals surface area contributed by atoms with E-state index in [9.17, 15) is 14.0 Å². The van der Waals surface area contributed by atoms with Gasteiger partial charge in [0, 0.05) is 32.9 Å². The van der Waals surface area contributed by atoms with Crippen LogP contribution in [0.2, 0.25) is 15.1 Å². The fourth-order valence-corrected chi connectivity index (χ4v) is 5.22. The normalized spacial score (nSPS) is 18.6. The van der Waals surface area contributed by atoms with E-state index < -0.39 is 27.9 Å². The minimum Gasteiger partial charge on any atom is -0.326 e. The number of benzene rings is 2. The molecule has 2 atom stereocenters. The minimum absolute atomic E-state index is 0.0793. The molecule has 0 aliphatic heterocycles. The van der Waals surface area contributed by atoms with Crippen LogP contribution in [-0.2, 0) is 11.2 Å². The zero-order valence-electron chi connectivity index (χ0n) is 16.6. The Morgan fingerprint density at radius 2 is 1.70 bits per heavy atom. The van der Waals surface area contributed by atoms with E-state index in [0.29, 0.717) is 27.0 Å². The second-order valence-corrected chi connectivity index (χ2v) is 10.3. The van der Waals surface area contributed by atoms with Gasteiger partial charge in [0.05, 0.1) is 23.6 Å². The van der Waals surface area contributed by atoms with Crippen LogP contribution in [0.3, 0.4) is 0 Å². The Morgan fingerprint density at radius 1 is 1.00 bits per heavy atom. The molecule has 1 aliphatic rings. The molecular weight excluding hydrogens is 533 g/mol. The fraction of sp³-hybridized carbons (Fsp3) is 0.174. The Balaban J connectivity index is 1.50. The van der Waals surface area contributed by atoms with Crippen LogP contribution in [0, 0.1) is 11.7 Å². The molecule has 0 saturated heterocycles. The van der Waals surface area contributed by atoms with E-state index in [2.05, 4.69) is 10.3 Å². The van der Waals surface area contributed by atoms with Gasteiger partial charge in [-0.25, -0.2) is 4.39 Å². The topological polar surface area (TPSA) is 59.1 Å². The highest BCUT2D eigenvalue weighted by Crippen LogP contribution is 2.65. The van der Waals surface area contributed by atoms with Crippen LogP contribution in [0.5, 0.6) is 0 Å². The molecule has 1 aliphatic carbocycles. The molecule has 0 bridgehead atoms. The number of alkyl halides is 2. The van der Waals surface area contributed by atoms with Crippen molar-refractivity contribution in [2.75, 3.05) is 5.32 Å². The molecule has 2 unspecified atom stereocenters. The van der Waals surface area contributed by atoms with Gasteiger partial charge in [-0.3, -0.25) is 14.6 Å². The molecule has 0 spiro atoms. The molecule has 1 heterocycles. The van der Waals surface area contributed by atoms with E-state index >= 15 is 0 Å². The van der Waals surface area contributed by atoms with Gasteiger partial charge in [-0.05, 0) is 54.1 Å². The van der Waals surface area contributed by atoms with Gasteiger partial charge in [0.15, 0.2) is 5.78 Å². The number of amides is 1. The first-order chi connectivity index (χ1) is 15.6. The summed E-state index contributed by atoms with van der Waals surface area (Å²) >= 11 is 31.1. The van der Waals surface area contributed by atoms with Gasteiger partial charge in [0.2, 0.25) is 5.91 Å². The highest BCUT2D eigenvalue weighted by Gasteiger charge is 2.67. The van der Waals surface area contributed by atoms with Crippen molar-refractivity contribution in [2.24, 2.45) is 5.92 Å². The number of rotatable bonds is 6. The van der Waals surface area contributed by atoms with Crippen molar-refractivity contribution >= 4 is 75.4 Å². The van der Waals surface area contributed by atoms with Crippen molar-refractivity contribution in [3.8, 4) is 0 Å². The molecule has 1 amide bonds. The Morgan fingerprint density at radius 3 is 2.33 bits per heavy atom. The summed E-state index contributed by atoms with van der Waals surface area (Å²) in [5.41, 5.74) is 1.58. The van der Waals surface area contributed by atoms with Gasteiger partial charge in [-0.1, -0.05) is 34.8 Å². The second kappa shape index (κ2) is 9.40. The van der Waals surface area contributed by atoms with E-state index in [4.69, 9.17) is 58.0 Å². The number of nitrogens with one attached hydrogen (secondary N) is 1. The van der Waals surface area contributed by atoms with Crippen LogP contribution in [0.25, 0.3) is 0 Å². The van der Waals surface area contributed by atoms with Crippen molar-refractivity contribution in [3.63, 3.8) is 0 Å². The predicted octanol–water partition coefficient (Wildman–Crippen LogP) is 7.13. The van der Waals surface area contributed by atoms with E-state index in [1.165, 1.54) is 24.3 Å². The van der Waals surface area contributed by atoms with Crippen molar-refractivity contribution in [3.05, 3.63) is 92.4 Å². The highest BCUT2D eigenvalue weighted by atomic mass is 35.5. The molecule has 3 aromatic rings. The monoisotopic (exact) mass is 544 g/mol. The molecule has 2 aromatic carbocycles. The third kappa shape index (κ3) is 5.28. The molecule has 4 rings (SSSR count). The Hall–Kier alpha value is -1.89. The number of Topliss-reactive ketones (excluding diaryl/α,β-unsaturated/α-hetero) is 1. The molecule has 4 nitrogen and oxygen atoms in total. The SMILES string of the molecule is O=C(Cc1ccc(F)cn1)c1cc(NC(=O)C2C(c3cc(Cl)cc(Cl)c3)C2(Cl)Cl)ccc1Cl. The summed E-state index contributed by atoms with van der Waals surface area (Å²) in [4.78, 5) is 29.5. The number of halogens is 6. The van der Waals surface area contributed by atoms with E-state index in [-0.39, 0.29) is 22.8 Å². The highest BCUT2D eigenvalue weighted by molar-refractivity contribution is 6.53. The number of hydrogen-bond acceptors (Lipinski definition) is 3. The summed E-state index contributed by atoms with van der Waals surface area (Å²) < 4.78 is 11.7. The van der Waals surface area contributed by atoms with Crippen molar-refractivity contribution in [1.29, 1.82) is 0 Å². The number of pyridine rings is 1. The molecule has 1 saturated carbocycles. The first-order valence-corrected chi connectivity index (χ1v) is 11.5. The van der Waals surface area contributed by atoms with Gasteiger partial charge >= 0.3 is 0 Å². The molecule has 1 fully saturated rings. The van der Waals surface area contributed by atoms with Gasteiger partial charge in [0.25, 0.3) is 0 Å². The third-order valence-corrected chi connectivity index (χ3v) is 6.95. The van der Waals surface area contributed by atoms with E-state index in [1.807, 2.05) is 0 Å². The number of carbonyl (C=O) groups excluding carboxylic acids is 2. The lowest BCUT2D eigenvalue weighted by molar-refractivity contribution is -0.117. The number of carbonyl (C=O) groups is 2. The molecule has 10 heteroatoms. The van der Waals surface area contributed by atoms with Crippen molar-refractivity contribution in [1.82, 2.24) is 4.98 Å². The summed E-state index contributed by atoms with van der Waals surface area (Å²) in [7, 11) is 0. The van der Waals surface area contributed by atoms with Crippen LogP contribution in [0.4, 0.5) is 10.1 Å². The fourth-order valence-electron chi connectivity index (χ4n) is 3.63. The predicted molar refractivity (Wildman–Crippen MR) is 129 cm³/mol. The average molecular weight is 547 g/mol. The van der Waals surface area contributed by atoms with Crippen molar-refractivity contribution < 1.29 is 14.0 Å². The Kier molecular flexibility index (Phi) is 6.90. The van der Waals surface area contributed by atoms with Crippen LogP contribution in [0.15, 0.2) is 54.7 Å². The molecule has 170 valence electrons. The summed E-state index contributed by atoms with van der Waals surface area (Å²) in [6.07, 6.45) is 0.953.